The summed E-state index contributed by atoms with van der Waals surface area (Å²) in [6, 6.07) is 15.9. The second kappa shape index (κ2) is 13.5. The van der Waals surface area contributed by atoms with Crippen LogP contribution in [0.4, 0.5) is 0 Å². The number of aryl methyl sites for hydroxylation is 1. The SMILES string of the molecule is CC(C)C[C@H](C(=O)NCc1ccc(Cl)c(Cl)c1)N1CCC(CCc2ccccc2)N2C[C@H](N(C)C)CC2C1=O. The standard InChI is InChI=1S/C31H42Cl2N4O2/c1-21(2)16-28(30(38)34-19-23-11-13-26(32)27(33)17-23)36-15-14-24(12-10-22-8-6-5-7-9-22)37-20-25(35(3)4)18-29(37)31(36)39/h5-9,11,13,17,21,24-25,28-29H,10,12,14-16,18-20H2,1-4H3,(H,34,38)/t24?,25-,28-,29?/m1/s1. The Bertz CT molecular complexity index is 1130. The number of halogens is 2. The van der Waals surface area contributed by atoms with E-state index in [0.29, 0.717) is 41.6 Å². The van der Waals surface area contributed by atoms with Gasteiger partial charge in [-0.15, -0.1) is 0 Å². The summed E-state index contributed by atoms with van der Waals surface area (Å²) in [6.07, 6.45) is 4.26. The average molecular weight is 574 g/mol. The normalized spacial score (nSPS) is 22.7. The molecule has 212 valence electrons. The summed E-state index contributed by atoms with van der Waals surface area (Å²) < 4.78 is 0. The van der Waals surface area contributed by atoms with E-state index in [1.807, 2.05) is 17.0 Å². The molecular weight excluding hydrogens is 531 g/mol. The quantitative estimate of drug-likeness (QED) is 0.421. The van der Waals surface area contributed by atoms with E-state index in [0.717, 1.165) is 37.8 Å². The van der Waals surface area contributed by atoms with E-state index in [2.05, 4.69) is 67.3 Å². The highest BCUT2D eigenvalue weighted by Gasteiger charge is 2.46. The highest BCUT2D eigenvalue weighted by molar-refractivity contribution is 6.42. The lowest BCUT2D eigenvalue weighted by molar-refractivity contribution is -0.143. The van der Waals surface area contributed by atoms with Crippen LogP contribution in [0, 0.1) is 5.92 Å². The van der Waals surface area contributed by atoms with Crippen LogP contribution in [0.25, 0.3) is 0 Å². The second-order valence-corrected chi connectivity index (χ2v) is 12.5. The Morgan fingerprint density at radius 1 is 1.08 bits per heavy atom. The van der Waals surface area contributed by atoms with Gasteiger partial charge in [-0.1, -0.05) is 73.4 Å². The smallest absolute Gasteiger partial charge is 0.243 e. The third kappa shape index (κ3) is 7.55. The topological polar surface area (TPSA) is 55.9 Å². The van der Waals surface area contributed by atoms with Gasteiger partial charge in [0, 0.05) is 31.7 Å². The molecule has 2 aliphatic rings. The number of carbonyl (C=O) groups is 2. The van der Waals surface area contributed by atoms with E-state index in [-0.39, 0.29) is 23.8 Å². The van der Waals surface area contributed by atoms with E-state index in [1.165, 1.54) is 5.56 Å². The van der Waals surface area contributed by atoms with Gasteiger partial charge in [0.2, 0.25) is 11.8 Å². The van der Waals surface area contributed by atoms with Crippen LogP contribution >= 0.6 is 23.2 Å². The van der Waals surface area contributed by atoms with Crippen LogP contribution < -0.4 is 5.32 Å². The predicted molar refractivity (Wildman–Crippen MR) is 159 cm³/mol. The van der Waals surface area contributed by atoms with E-state index >= 15 is 0 Å². The van der Waals surface area contributed by atoms with Gasteiger partial charge in [-0.3, -0.25) is 14.5 Å². The van der Waals surface area contributed by atoms with Gasteiger partial charge < -0.3 is 15.1 Å². The van der Waals surface area contributed by atoms with Crippen molar-refractivity contribution in [1.29, 1.82) is 0 Å². The molecule has 2 fully saturated rings. The second-order valence-electron chi connectivity index (χ2n) is 11.7. The van der Waals surface area contributed by atoms with Gasteiger partial charge in [0.1, 0.15) is 6.04 Å². The molecular formula is C31H42Cl2N4O2. The lowest BCUT2D eigenvalue weighted by Crippen LogP contribution is -2.53. The number of fused-ring (bicyclic) bond motifs is 1. The number of benzene rings is 2. The minimum Gasteiger partial charge on any atom is -0.350 e. The first-order valence-corrected chi connectivity index (χ1v) is 14.9. The summed E-state index contributed by atoms with van der Waals surface area (Å²) in [5.41, 5.74) is 2.20. The summed E-state index contributed by atoms with van der Waals surface area (Å²) in [5, 5.41) is 4.02. The van der Waals surface area contributed by atoms with E-state index in [1.54, 1.807) is 12.1 Å². The van der Waals surface area contributed by atoms with Crippen molar-refractivity contribution in [2.45, 2.75) is 76.7 Å². The van der Waals surface area contributed by atoms with E-state index < -0.39 is 6.04 Å². The molecule has 2 amide bonds. The van der Waals surface area contributed by atoms with Crippen LogP contribution in [0.1, 0.15) is 50.7 Å². The molecule has 6 nitrogen and oxygen atoms in total. The Labute approximate surface area is 243 Å². The third-order valence-electron chi connectivity index (χ3n) is 8.22. The zero-order chi connectivity index (χ0) is 28.1. The number of rotatable bonds is 10. The van der Waals surface area contributed by atoms with E-state index in [4.69, 9.17) is 23.2 Å². The maximum atomic E-state index is 14.2. The number of likely N-dealkylation sites (N-methyl/N-ethyl adjacent to an activating group) is 1. The summed E-state index contributed by atoms with van der Waals surface area (Å²) in [4.78, 5) is 34.3. The zero-order valence-electron chi connectivity index (χ0n) is 23.6. The van der Waals surface area contributed by atoms with Gasteiger partial charge in [0.15, 0.2) is 0 Å². The average Bonchev–Trinajstić information content (AvgIpc) is 3.31. The molecule has 4 atom stereocenters. The number of carbonyl (C=O) groups excluding carboxylic acids is 2. The molecule has 0 bridgehead atoms. The minimum absolute atomic E-state index is 0.0944. The van der Waals surface area contributed by atoms with E-state index in [9.17, 15) is 9.59 Å². The first-order chi connectivity index (χ1) is 18.6. The lowest BCUT2D eigenvalue weighted by atomic mass is 9.99. The van der Waals surface area contributed by atoms with Crippen LogP contribution in [0.5, 0.6) is 0 Å². The summed E-state index contributed by atoms with van der Waals surface area (Å²) in [5.74, 6) is 0.251. The number of nitrogens with one attached hydrogen (secondary N) is 1. The van der Waals surface area contributed by atoms with Gasteiger partial charge in [-0.05, 0) is 75.4 Å². The van der Waals surface area contributed by atoms with Crippen molar-refractivity contribution in [2.75, 3.05) is 27.2 Å². The molecule has 0 aliphatic carbocycles. The minimum atomic E-state index is -0.506. The molecule has 2 aliphatic heterocycles. The van der Waals surface area contributed by atoms with Crippen molar-refractivity contribution in [3.05, 3.63) is 69.7 Å². The molecule has 1 N–H and O–H groups in total. The zero-order valence-corrected chi connectivity index (χ0v) is 25.1. The summed E-state index contributed by atoms with van der Waals surface area (Å²) in [7, 11) is 4.19. The number of nitrogens with zero attached hydrogens (tertiary/aromatic N) is 3. The molecule has 2 saturated heterocycles. The Morgan fingerprint density at radius 3 is 2.49 bits per heavy atom. The van der Waals surface area contributed by atoms with Crippen molar-refractivity contribution in [2.24, 2.45) is 5.92 Å². The molecule has 2 aromatic carbocycles. The van der Waals surface area contributed by atoms with Gasteiger partial charge in [-0.25, -0.2) is 0 Å². The summed E-state index contributed by atoms with van der Waals surface area (Å²) in [6.45, 7) is 6.02. The summed E-state index contributed by atoms with van der Waals surface area (Å²) >= 11 is 12.2. The Morgan fingerprint density at radius 2 is 1.82 bits per heavy atom. The van der Waals surface area contributed by atoms with Crippen molar-refractivity contribution in [1.82, 2.24) is 20.0 Å². The first-order valence-electron chi connectivity index (χ1n) is 14.1. The Hall–Kier alpha value is -2.12. The molecule has 0 spiro atoms. The van der Waals surface area contributed by atoms with Crippen LogP contribution in [0.2, 0.25) is 10.0 Å². The monoisotopic (exact) mass is 572 g/mol. The van der Waals surface area contributed by atoms with Gasteiger partial charge >= 0.3 is 0 Å². The van der Waals surface area contributed by atoms with Crippen LogP contribution in [0.3, 0.4) is 0 Å². The fraction of sp³-hybridized carbons (Fsp3) is 0.548. The molecule has 4 rings (SSSR count). The largest absolute Gasteiger partial charge is 0.350 e. The molecule has 0 radical (unpaired) electrons. The number of hydrogen-bond donors (Lipinski definition) is 1. The van der Waals surface area contributed by atoms with Gasteiger partial charge in [0.05, 0.1) is 16.1 Å². The third-order valence-corrected chi connectivity index (χ3v) is 8.96. The maximum absolute atomic E-state index is 14.2. The van der Waals surface area contributed by atoms with Crippen molar-refractivity contribution >= 4 is 35.0 Å². The molecule has 0 saturated carbocycles. The fourth-order valence-corrected chi connectivity index (χ4v) is 6.31. The first kappa shape index (κ1) is 29.9. The Kier molecular flexibility index (Phi) is 10.3. The van der Waals surface area contributed by atoms with Crippen molar-refractivity contribution in [3.8, 4) is 0 Å². The Balaban J connectivity index is 1.53. The van der Waals surface area contributed by atoms with Crippen LogP contribution in [0.15, 0.2) is 48.5 Å². The molecule has 2 aromatic rings. The highest BCUT2D eigenvalue weighted by atomic mass is 35.5. The van der Waals surface area contributed by atoms with Crippen molar-refractivity contribution < 1.29 is 9.59 Å². The van der Waals surface area contributed by atoms with Crippen LogP contribution in [-0.4, -0.2) is 77.9 Å². The number of hydrogen-bond acceptors (Lipinski definition) is 4. The number of amides is 2. The fourth-order valence-electron chi connectivity index (χ4n) is 5.99. The molecule has 39 heavy (non-hydrogen) atoms. The molecule has 2 heterocycles. The van der Waals surface area contributed by atoms with Gasteiger partial charge in [0.25, 0.3) is 0 Å². The highest BCUT2D eigenvalue weighted by Crippen LogP contribution is 2.32. The lowest BCUT2D eigenvalue weighted by Gasteiger charge is -2.33. The molecule has 0 aromatic heterocycles. The van der Waals surface area contributed by atoms with Crippen LogP contribution in [-0.2, 0) is 22.6 Å². The molecule has 2 unspecified atom stereocenters. The van der Waals surface area contributed by atoms with Crippen molar-refractivity contribution in [3.63, 3.8) is 0 Å². The maximum Gasteiger partial charge on any atom is 0.243 e. The van der Waals surface area contributed by atoms with Gasteiger partial charge in [-0.2, -0.15) is 0 Å². The molecule has 8 heteroatoms. The predicted octanol–water partition coefficient (Wildman–Crippen LogP) is 5.26.